The molecule has 3 aromatic rings. The van der Waals surface area contributed by atoms with Crippen molar-refractivity contribution in [3.05, 3.63) is 65.2 Å². The number of para-hydroxylation sites is 2. The average Bonchev–Trinajstić information content (AvgIpc) is 3.01. The van der Waals surface area contributed by atoms with Crippen LogP contribution in [0.5, 0.6) is 5.75 Å². The zero-order valence-electron chi connectivity index (χ0n) is 13.4. The highest BCUT2D eigenvalue weighted by Crippen LogP contribution is 2.22. The van der Waals surface area contributed by atoms with Crippen LogP contribution in [0.3, 0.4) is 0 Å². The van der Waals surface area contributed by atoms with Crippen molar-refractivity contribution in [2.24, 2.45) is 0 Å². The lowest BCUT2D eigenvalue weighted by Gasteiger charge is -2.08. The molecule has 0 saturated heterocycles. The molecule has 0 bridgehead atoms. The van der Waals surface area contributed by atoms with Crippen LogP contribution in [0.15, 0.2) is 54.6 Å². The number of amides is 1. The Labute approximate surface area is 144 Å². The van der Waals surface area contributed by atoms with Gasteiger partial charge >= 0.3 is 0 Å². The quantitative estimate of drug-likeness (QED) is 0.549. The number of aryl methyl sites for hydroxylation is 1. The number of fused-ring (bicyclic) bond motifs is 1. The number of thiazole rings is 1. The number of hydrogen-bond acceptors (Lipinski definition) is 4. The molecule has 5 heteroatoms. The van der Waals surface area contributed by atoms with Crippen LogP contribution in [0.1, 0.15) is 10.6 Å². The topological polar surface area (TPSA) is 51.2 Å². The smallest absolute Gasteiger partial charge is 0.244 e. The van der Waals surface area contributed by atoms with E-state index < -0.39 is 0 Å². The molecule has 0 atom stereocenters. The number of ether oxygens (including phenoxy) is 1. The molecule has 2 aromatic carbocycles. The minimum Gasteiger partial charge on any atom is -0.491 e. The third-order valence-electron chi connectivity index (χ3n) is 3.44. The van der Waals surface area contributed by atoms with Gasteiger partial charge in [-0.15, -0.1) is 11.3 Å². The van der Waals surface area contributed by atoms with Crippen molar-refractivity contribution in [1.29, 1.82) is 0 Å². The van der Waals surface area contributed by atoms with Gasteiger partial charge in [0.1, 0.15) is 17.4 Å². The predicted octanol–water partition coefficient (Wildman–Crippen LogP) is 3.81. The number of nitrogens with zero attached hydrogens (tertiary/aromatic N) is 1. The monoisotopic (exact) mass is 338 g/mol. The van der Waals surface area contributed by atoms with E-state index in [0.29, 0.717) is 13.2 Å². The van der Waals surface area contributed by atoms with Gasteiger partial charge < -0.3 is 10.1 Å². The second-order valence-corrected chi connectivity index (χ2v) is 6.32. The summed E-state index contributed by atoms with van der Waals surface area (Å²) >= 11 is 1.56. The van der Waals surface area contributed by atoms with Gasteiger partial charge in [0.15, 0.2) is 0 Å². The highest BCUT2D eigenvalue weighted by Gasteiger charge is 2.01. The highest BCUT2D eigenvalue weighted by molar-refractivity contribution is 7.19. The summed E-state index contributed by atoms with van der Waals surface area (Å²) in [7, 11) is 0. The van der Waals surface area contributed by atoms with Gasteiger partial charge in [0.2, 0.25) is 5.91 Å². The number of nitrogens with one attached hydrogen (secondary N) is 1. The summed E-state index contributed by atoms with van der Waals surface area (Å²) in [6.45, 7) is 2.89. The third kappa shape index (κ3) is 4.20. The molecular weight excluding hydrogens is 320 g/mol. The van der Waals surface area contributed by atoms with Crippen molar-refractivity contribution in [3.63, 3.8) is 0 Å². The Morgan fingerprint density at radius 3 is 2.83 bits per heavy atom. The van der Waals surface area contributed by atoms with Crippen LogP contribution >= 0.6 is 11.3 Å². The highest BCUT2D eigenvalue weighted by atomic mass is 32.1. The van der Waals surface area contributed by atoms with Crippen LogP contribution in [-0.4, -0.2) is 24.0 Å². The van der Waals surface area contributed by atoms with Gasteiger partial charge in [-0.1, -0.05) is 30.3 Å². The van der Waals surface area contributed by atoms with Crippen molar-refractivity contribution in [1.82, 2.24) is 10.3 Å². The van der Waals surface area contributed by atoms with E-state index in [1.54, 1.807) is 17.4 Å². The molecule has 0 aliphatic carbocycles. The van der Waals surface area contributed by atoms with Crippen LogP contribution < -0.4 is 10.1 Å². The molecule has 24 heavy (non-hydrogen) atoms. The third-order valence-corrected chi connectivity index (χ3v) is 4.44. The zero-order chi connectivity index (χ0) is 16.8. The lowest BCUT2D eigenvalue weighted by molar-refractivity contribution is -0.116. The van der Waals surface area contributed by atoms with E-state index in [-0.39, 0.29) is 5.91 Å². The summed E-state index contributed by atoms with van der Waals surface area (Å²) in [6, 6.07) is 15.7. The molecule has 1 amide bonds. The number of rotatable bonds is 6. The number of carbonyl (C=O) groups is 1. The number of carbonyl (C=O) groups excluding carboxylic acids is 1. The summed E-state index contributed by atoms with van der Waals surface area (Å²) in [4.78, 5) is 16.3. The van der Waals surface area contributed by atoms with E-state index in [1.165, 1.54) is 6.08 Å². The Morgan fingerprint density at radius 2 is 2.00 bits per heavy atom. The van der Waals surface area contributed by atoms with Crippen LogP contribution in [-0.2, 0) is 4.79 Å². The molecule has 0 unspecified atom stereocenters. The van der Waals surface area contributed by atoms with Crippen LogP contribution in [0.4, 0.5) is 0 Å². The second kappa shape index (κ2) is 7.75. The zero-order valence-corrected chi connectivity index (χ0v) is 14.2. The van der Waals surface area contributed by atoms with E-state index in [2.05, 4.69) is 10.3 Å². The van der Waals surface area contributed by atoms with E-state index >= 15 is 0 Å². The molecule has 4 nitrogen and oxygen atoms in total. The maximum Gasteiger partial charge on any atom is 0.244 e. The van der Waals surface area contributed by atoms with E-state index in [1.807, 2.05) is 55.5 Å². The maximum absolute atomic E-state index is 11.8. The van der Waals surface area contributed by atoms with Crippen LogP contribution in [0.25, 0.3) is 16.3 Å². The summed E-state index contributed by atoms with van der Waals surface area (Å²) < 4.78 is 6.76. The number of hydrogen-bond donors (Lipinski definition) is 1. The van der Waals surface area contributed by atoms with E-state index in [0.717, 1.165) is 26.5 Å². The van der Waals surface area contributed by atoms with Gasteiger partial charge in [-0.3, -0.25) is 4.79 Å². The molecule has 0 fully saturated rings. The van der Waals surface area contributed by atoms with Gasteiger partial charge in [-0.05, 0) is 36.8 Å². The Balaban J connectivity index is 1.46. The largest absolute Gasteiger partial charge is 0.491 e. The first-order chi connectivity index (χ1) is 11.7. The fourth-order valence-corrected chi connectivity index (χ4v) is 3.09. The standard InChI is InChI=1S/C19H18N2O2S/c1-14-6-2-4-8-16(14)23-13-12-20-18(22)10-11-19-21-15-7-3-5-9-17(15)24-19/h2-11H,12-13H2,1H3,(H,20,22)/b11-10+. The Morgan fingerprint density at radius 1 is 1.21 bits per heavy atom. The minimum absolute atomic E-state index is 0.150. The Kier molecular flexibility index (Phi) is 5.23. The molecule has 0 spiro atoms. The van der Waals surface area contributed by atoms with E-state index in [9.17, 15) is 4.79 Å². The fourth-order valence-electron chi connectivity index (χ4n) is 2.22. The average molecular weight is 338 g/mol. The fraction of sp³-hybridized carbons (Fsp3) is 0.158. The van der Waals surface area contributed by atoms with Crippen molar-refractivity contribution >= 4 is 33.5 Å². The summed E-state index contributed by atoms with van der Waals surface area (Å²) in [5.41, 5.74) is 2.04. The molecule has 1 heterocycles. The molecule has 0 radical (unpaired) electrons. The first-order valence-corrected chi connectivity index (χ1v) is 8.54. The molecule has 1 aromatic heterocycles. The molecule has 1 N–H and O–H groups in total. The normalized spacial score (nSPS) is 11.0. The van der Waals surface area contributed by atoms with Crippen LogP contribution in [0, 0.1) is 6.92 Å². The first-order valence-electron chi connectivity index (χ1n) is 7.72. The predicted molar refractivity (Wildman–Crippen MR) is 98.3 cm³/mol. The van der Waals surface area contributed by atoms with Gasteiger partial charge in [0.05, 0.1) is 16.8 Å². The molecule has 3 rings (SSSR count). The Bertz CT molecular complexity index is 837. The van der Waals surface area contributed by atoms with Crippen molar-refractivity contribution in [3.8, 4) is 5.75 Å². The van der Waals surface area contributed by atoms with Crippen molar-refractivity contribution in [2.75, 3.05) is 13.2 Å². The SMILES string of the molecule is Cc1ccccc1OCCNC(=O)/C=C/c1nc2ccccc2s1. The van der Waals surface area contributed by atoms with Gasteiger partial charge in [-0.25, -0.2) is 4.98 Å². The summed E-state index contributed by atoms with van der Waals surface area (Å²) in [5.74, 6) is 0.694. The van der Waals surface area contributed by atoms with Crippen molar-refractivity contribution < 1.29 is 9.53 Å². The van der Waals surface area contributed by atoms with Gasteiger partial charge in [-0.2, -0.15) is 0 Å². The van der Waals surface area contributed by atoms with Crippen LogP contribution in [0.2, 0.25) is 0 Å². The molecule has 122 valence electrons. The molecular formula is C19H18N2O2S. The van der Waals surface area contributed by atoms with Crippen molar-refractivity contribution in [2.45, 2.75) is 6.92 Å². The lowest BCUT2D eigenvalue weighted by atomic mass is 10.2. The lowest BCUT2D eigenvalue weighted by Crippen LogP contribution is -2.26. The molecule has 0 aliphatic rings. The van der Waals surface area contributed by atoms with Gasteiger partial charge in [0.25, 0.3) is 0 Å². The maximum atomic E-state index is 11.8. The molecule has 0 saturated carbocycles. The van der Waals surface area contributed by atoms with E-state index in [4.69, 9.17) is 4.74 Å². The summed E-state index contributed by atoms with van der Waals surface area (Å²) in [6.07, 6.45) is 3.24. The van der Waals surface area contributed by atoms with Gasteiger partial charge in [0, 0.05) is 6.08 Å². The second-order valence-electron chi connectivity index (χ2n) is 5.26. The number of benzene rings is 2. The summed E-state index contributed by atoms with van der Waals surface area (Å²) in [5, 5.41) is 3.62. The number of aromatic nitrogens is 1. The first kappa shape index (κ1) is 16.2. The Hall–Kier alpha value is -2.66. The molecule has 0 aliphatic heterocycles. The minimum atomic E-state index is -0.150.